The van der Waals surface area contributed by atoms with Crippen LogP contribution in [0.25, 0.3) is 5.69 Å². The van der Waals surface area contributed by atoms with E-state index in [2.05, 4.69) is 10.4 Å². The molecule has 5 rings (SSSR count). The Morgan fingerprint density at radius 3 is 2.22 bits per heavy atom. The molecule has 0 aliphatic carbocycles. The zero-order valence-electron chi connectivity index (χ0n) is 16.5. The zero-order valence-corrected chi connectivity index (χ0v) is 17.3. The van der Waals surface area contributed by atoms with E-state index in [0.717, 1.165) is 10.6 Å². The summed E-state index contributed by atoms with van der Waals surface area (Å²) in [6, 6.07) is 20.3. The molecular formula is C24H15ClN4O3. The third-order valence-corrected chi connectivity index (χ3v) is 5.34. The first-order valence-corrected chi connectivity index (χ1v) is 10.1. The van der Waals surface area contributed by atoms with Crippen LogP contribution in [0.1, 0.15) is 31.1 Å². The molecule has 32 heavy (non-hydrogen) atoms. The van der Waals surface area contributed by atoms with E-state index in [4.69, 9.17) is 11.6 Å². The quantitative estimate of drug-likeness (QED) is 0.469. The first-order chi connectivity index (χ1) is 15.5. The van der Waals surface area contributed by atoms with Crippen molar-refractivity contribution >= 4 is 40.7 Å². The molecule has 0 unspecified atom stereocenters. The highest BCUT2D eigenvalue weighted by Crippen LogP contribution is 2.29. The number of carbonyl (C=O) groups excluding carboxylic acids is 3. The molecule has 1 N–H and O–H groups in total. The average Bonchev–Trinajstić information content (AvgIpc) is 3.39. The van der Waals surface area contributed by atoms with Gasteiger partial charge in [-0.1, -0.05) is 29.8 Å². The molecular weight excluding hydrogens is 428 g/mol. The van der Waals surface area contributed by atoms with Gasteiger partial charge in [-0.3, -0.25) is 14.4 Å². The van der Waals surface area contributed by atoms with E-state index in [9.17, 15) is 14.4 Å². The molecule has 0 atom stereocenters. The second-order valence-electron chi connectivity index (χ2n) is 7.15. The first kappa shape index (κ1) is 19.7. The highest BCUT2D eigenvalue weighted by atomic mass is 35.5. The lowest BCUT2D eigenvalue weighted by atomic mass is 10.1. The number of nitrogens with one attached hydrogen (secondary N) is 1. The van der Waals surface area contributed by atoms with Crippen molar-refractivity contribution in [2.45, 2.75) is 0 Å². The Kier molecular flexibility index (Phi) is 4.80. The van der Waals surface area contributed by atoms with Gasteiger partial charge in [-0.2, -0.15) is 5.10 Å². The monoisotopic (exact) mass is 442 g/mol. The predicted molar refractivity (Wildman–Crippen MR) is 121 cm³/mol. The van der Waals surface area contributed by atoms with E-state index >= 15 is 0 Å². The molecule has 1 aliphatic heterocycles. The summed E-state index contributed by atoms with van der Waals surface area (Å²) in [5, 5.41) is 7.61. The van der Waals surface area contributed by atoms with Crippen LogP contribution in [0.5, 0.6) is 0 Å². The van der Waals surface area contributed by atoms with Gasteiger partial charge in [0.2, 0.25) is 0 Å². The molecule has 8 heteroatoms. The van der Waals surface area contributed by atoms with E-state index in [1.807, 2.05) is 0 Å². The van der Waals surface area contributed by atoms with Crippen molar-refractivity contribution in [1.82, 2.24) is 9.78 Å². The first-order valence-electron chi connectivity index (χ1n) is 9.71. The molecule has 0 radical (unpaired) electrons. The van der Waals surface area contributed by atoms with Crippen molar-refractivity contribution in [3.63, 3.8) is 0 Å². The molecule has 1 aromatic heterocycles. The van der Waals surface area contributed by atoms with E-state index in [1.54, 1.807) is 83.7 Å². The lowest BCUT2D eigenvalue weighted by Crippen LogP contribution is -2.29. The number of carbonyl (C=O) groups is 3. The van der Waals surface area contributed by atoms with Crippen LogP contribution in [0, 0.1) is 0 Å². The number of imide groups is 1. The molecule has 2 heterocycles. The Morgan fingerprint density at radius 1 is 0.844 bits per heavy atom. The third kappa shape index (κ3) is 3.44. The van der Waals surface area contributed by atoms with Crippen LogP contribution in [0.15, 0.2) is 85.2 Å². The lowest BCUT2D eigenvalue weighted by molar-refractivity contribution is 0.0925. The van der Waals surface area contributed by atoms with Gasteiger partial charge in [0.05, 0.1) is 34.3 Å². The fraction of sp³-hybridized carbons (Fsp3) is 0. The number of halogens is 1. The zero-order chi connectivity index (χ0) is 22.2. The number of nitrogens with zero attached hydrogens (tertiary/aromatic N) is 3. The number of amides is 3. The molecule has 3 amide bonds. The molecule has 1 aliphatic rings. The van der Waals surface area contributed by atoms with Gasteiger partial charge in [-0.05, 0) is 54.6 Å². The van der Waals surface area contributed by atoms with Crippen molar-refractivity contribution in [2.75, 3.05) is 10.2 Å². The molecule has 0 spiro atoms. The van der Waals surface area contributed by atoms with Crippen molar-refractivity contribution in [2.24, 2.45) is 0 Å². The van der Waals surface area contributed by atoms with Crippen LogP contribution in [-0.2, 0) is 0 Å². The Morgan fingerprint density at radius 2 is 1.53 bits per heavy atom. The van der Waals surface area contributed by atoms with Crippen molar-refractivity contribution in [1.29, 1.82) is 0 Å². The minimum absolute atomic E-state index is 0.353. The van der Waals surface area contributed by atoms with Crippen molar-refractivity contribution < 1.29 is 14.4 Å². The minimum atomic E-state index is -0.390. The summed E-state index contributed by atoms with van der Waals surface area (Å²) >= 11 is 5.91. The summed E-state index contributed by atoms with van der Waals surface area (Å²) in [7, 11) is 0. The van der Waals surface area contributed by atoms with Gasteiger partial charge in [-0.15, -0.1) is 0 Å². The predicted octanol–water partition coefficient (Wildman–Crippen LogP) is 4.58. The highest BCUT2D eigenvalue weighted by molar-refractivity contribution is 6.34. The van der Waals surface area contributed by atoms with Gasteiger partial charge in [0.1, 0.15) is 0 Å². The topological polar surface area (TPSA) is 84.3 Å². The van der Waals surface area contributed by atoms with Crippen molar-refractivity contribution in [3.05, 3.63) is 107 Å². The fourth-order valence-corrected chi connectivity index (χ4v) is 3.65. The summed E-state index contributed by atoms with van der Waals surface area (Å²) in [6.07, 6.45) is 3.06. The second-order valence-corrected chi connectivity index (χ2v) is 7.58. The largest absolute Gasteiger partial charge is 0.322 e. The van der Waals surface area contributed by atoms with E-state index in [1.165, 1.54) is 6.20 Å². The van der Waals surface area contributed by atoms with E-state index in [0.29, 0.717) is 33.1 Å². The Labute approximate surface area is 187 Å². The van der Waals surface area contributed by atoms with Gasteiger partial charge in [0.15, 0.2) is 0 Å². The number of hydrogen-bond donors (Lipinski definition) is 1. The number of aromatic nitrogens is 2. The molecule has 0 bridgehead atoms. The number of rotatable bonds is 4. The normalized spacial score (nSPS) is 12.7. The minimum Gasteiger partial charge on any atom is -0.322 e. The smallest absolute Gasteiger partial charge is 0.266 e. The van der Waals surface area contributed by atoms with Crippen LogP contribution in [-0.4, -0.2) is 27.5 Å². The Hall–Kier alpha value is -4.23. The lowest BCUT2D eigenvalue weighted by Gasteiger charge is -2.15. The molecule has 3 aromatic carbocycles. The van der Waals surface area contributed by atoms with E-state index in [-0.39, 0.29) is 5.91 Å². The molecule has 0 saturated heterocycles. The van der Waals surface area contributed by atoms with Gasteiger partial charge < -0.3 is 5.32 Å². The summed E-state index contributed by atoms with van der Waals surface area (Å²) in [5.41, 5.74) is 2.67. The summed E-state index contributed by atoms with van der Waals surface area (Å²) < 4.78 is 1.57. The van der Waals surface area contributed by atoms with Crippen LogP contribution < -0.4 is 10.2 Å². The third-order valence-electron chi connectivity index (χ3n) is 5.09. The van der Waals surface area contributed by atoms with Crippen molar-refractivity contribution in [3.8, 4) is 5.69 Å². The Balaban J connectivity index is 1.36. The van der Waals surface area contributed by atoms with Crippen LogP contribution in [0.2, 0.25) is 5.02 Å². The molecule has 0 fully saturated rings. The maximum Gasteiger partial charge on any atom is 0.266 e. The SMILES string of the molecule is O=C(Nc1cccc(N2C(=O)c3ccccc3C2=O)c1)c1cnn(-c2ccc(Cl)cc2)c1. The number of benzene rings is 3. The van der Waals surface area contributed by atoms with Gasteiger partial charge in [0.25, 0.3) is 17.7 Å². The maximum absolute atomic E-state index is 12.7. The molecule has 4 aromatic rings. The van der Waals surface area contributed by atoms with Crippen LogP contribution in [0.3, 0.4) is 0 Å². The molecule has 7 nitrogen and oxygen atoms in total. The van der Waals surface area contributed by atoms with Crippen LogP contribution >= 0.6 is 11.6 Å². The summed E-state index contributed by atoms with van der Waals surface area (Å²) in [5.74, 6) is -1.15. The number of anilines is 2. The second kappa shape index (κ2) is 7.79. The standard InChI is InChI=1S/C24H15ClN4O3/c25-16-8-10-18(11-9-16)28-14-15(13-26-28)22(30)27-17-4-3-5-19(12-17)29-23(31)20-6-1-2-7-21(20)24(29)32/h1-14H,(H,27,30). The summed E-state index contributed by atoms with van der Waals surface area (Å²) in [6.45, 7) is 0. The number of fused-ring (bicyclic) bond motifs is 1. The highest BCUT2D eigenvalue weighted by Gasteiger charge is 2.36. The average molecular weight is 443 g/mol. The van der Waals surface area contributed by atoms with Gasteiger partial charge in [-0.25, -0.2) is 9.58 Å². The molecule has 156 valence electrons. The number of hydrogen-bond acceptors (Lipinski definition) is 4. The Bertz CT molecular complexity index is 1340. The van der Waals surface area contributed by atoms with Gasteiger partial charge >= 0.3 is 0 Å². The van der Waals surface area contributed by atoms with E-state index < -0.39 is 11.8 Å². The molecule has 0 saturated carbocycles. The maximum atomic E-state index is 12.7. The summed E-state index contributed by atoms with van der Waals surface area (Å²) in [4.78, 5) is 39.3. The van der Waals surface area contributed by atoms with Crippen LogP contribution in [0.4, 0.5) is 11.4 Å². The van der Waals surface area contributed by atoms with Gasteiger partial charge in [0, 0.05) is 16.9 Å². The fourth-order valence-electron chi connectivity index (χ4n) is 3.52.